The first kappa shape index (κ1) is 12.3. The Morgan fingerprint density at radius 2 is 2.05 bits per heavy atom. The van der Waals surface area contributed by atoms with Gasteiger partial charge in [0.2, 0.25) is 5.01 Å². The van der Waals surface area contributed by atoms with Crippen LogP contribution in [-0.2, 0) is 10.2 Å². The van der Waals surface area contributed by atoms with Gasteiger partial charge in [0.1, 0.15) is 5.01 Å². The van der Waals surface area contributed by atoms with Crippen molar-refractivity contribution < 1.29 is 9.53 Å². The summed E-state index contributed by atoms with van der Waals surface area (Å²) in [5.74, 6) is -0.380. The van der Waals surface area contributed by atoms with Crippen molar-refractivity contribution in [3.05, 3.63) is 45.9 Å². The molecule has 1 aliphatic rings. The van der Waals surface area contributed by atoms with Gasteiger partial charge in [0.15, 0.2) is 0 Å². The summed E-state index contributed by atoms with van der Waals surface area (Å²) in [5, 5.41) is 9.42. The van der Waals surface area contributed by atoms with Crippen molar-refractivity contribution in [1.29, 1.82) is 0 Å². The van der Waals surface area contributed by atoms with Crippen LogP contribution in [0, 0.1) is 0 Å². The van der Waals surface area contributed by atoms with Crippen LogP contribution in [-0.4, -0.2) is 22.8 Å². The van der Waals surface area contributed by atoms with Crippen molar-refractivity contribution >= 4 is 17.3 Å². The smallest absolute Gasteiger partial charge is 0.369 e. The van der Waals surface area contributed by atoms with Gasteiger partial charge in [-0.3, -0.25) is 0 Å². The van der Waals surface area contributed by atoms with Crippen molar-refractivity contribution in [2.75, 3.05) is 6.61 Å². The van der Waals surface area contributed by atoms with E-state index < -0.39 is 0 Å². The van der Waals surface area contributed by atoms with E-state index >= 15 is 0 Å². The van der Waals surface area contributed by atoms with Gasteiger partial charge in [0.05, 0.1) is 6.61 Å². The van der Waals surface area contributed by atoms with Crippen molar-refractivity contribution in [2.45, 2.75) is 25.2 Å². The van der Waals surface area contributed by atoms with E-state index in [0.717, 1.165) is 17.8 Å². The molecule has 1 heterocycles. The van der Waals surface area contributed by atoms with Crippen molar-refractivity contribution in [2.24, 2.45) is 0 Å². The summed E-state index contributed by atoms with van der Waals surface area (Å²) in [6, 6.07) is 10.3. The number of hydrogen-bond donors (Lipinski definition) is 0. The number of esters is 1. The summed E-state index contributed by atoms with van der Waals surface area (Å²) < 4.78 is 4.95. The van der Waals surface area contributed by atoms with Crippen LogP contribution in [0.5, 0.6) is 0 Å². The molecule has 5 heteroatoms. The predicted octanol–water partition coefficient (Wildman–Crippen LogP) is 2.79. The zero-order valence-corrected chi connectivity index (χ0v) is 11.4. The molecule has 1 fully saturated rings. The maximum Gasteiger partial charge on any atom is 0.369 e. The fraction of sp³-hybridized carbons (Fsp3) is 0.357. The Kier molecular flexibility index (Phi) is 3.06. The van der Waals surface area contributed by atoms with E-state index in [4.69, 9.17) is 4.74 Å². The van der Waals surface area contributed by atoms with Crippen LogP contribution in [0.3, 0.4) is 0 Å². The molecule has 19 heavy (non-hydrogen) atoms. The zero-order valence-electron chi connectivity index (χ0n) is 10.6. The minimum absolute atomic E-state index is 0.0241. The van der Waals surface area contributed by atoms with E-state index in [9.17, 15) is 4.79 Å². The van der Waals surface area contributed by atoms with Gasteiger partial charge in [-0.05, 0) is 25.3 Å². The lowest BCUT2D eigenvalue weighted by molar-refractivity contribution is 0.0525. The first-order valence-corrected chi connectivity index (χ1v) is 7.14. The monoisotopic (exact) mass is 274 g/mol. The van der Waals surface area contributed by atoms with E-state index in [1.807, 2.05) is 18.2 Å². The first-order valence-electron chi connectivity index (χ1n) is 6.33. The molecule has 0 unspecified atom stereocenters. The molecule has 3 rings (SSSR count). The van der Waals surface area contributed by atoms with Gasteiger partial charge in [0, 0.05) is 5.41 Å². The third-order valence-electron chi connectivity index (χ3n) is 3.36. The van der Waals surface area contributed by atoms with Gasteiger partial charge in [-0.1, -0.05) is 41.7 Å². The largest absolute Gasteiger partial charge is 0.461 e. The molecule has 0 bridgehead atoms. The molecule has 2 aromatic rings. The molecule has 0 atom stereocenters. The molecule has 0 aliphatic heterocycles. The molecule has 1 aliphatic carbocycles. The molecule has 0 spiro atoms. The van der Waals surface area contributed by atoms with E-state index in [0.29, 0.717) is 11.6 Å². The summed E-state index contributed by atoms with van der Waals surface area (Å²) in [6.45, 7) is 2.14. The van der Waals surface area contributed by atoms with Crippen molar-refractivity contribution in [1.82, 2.24) is 10.2 Å². The number of ether oxygens (including phenoxy) is 1. The Morgan fingerprint density at radius 1 is 1.32 bits per heavy atom. The summed E-state index contributed by atoms with van der Waals surface area (Å²) in [7, 11) is 0. The van der Waals surface area contributed by atoms with Crippen LogP contribution in [0.4, 0.5) is 0 Å². The summed E-state index contributed by atoms with van der Waals surface area (Å²) >= 11 is 1.35. The maximum atomic E-state index is 11.6. The van der Waals surface area contributed by atoms with Crippen molar-refractivity contribution in [3.63, 3.8) is 0 Å². The number of carbonyl (C=O) groups excluding carboxylic acids is 1. The zero-order chi connectivity index (χ0) is 13.3. The Hall–Kier alpha value is -1.75. The van der Waals surface area contributed by atoms with Gasteiger partial charge in [0.25, 0.3) is 0 Å². The lowest BCUT2D eigenvalue weighted by Crippen LogP contribution is -2.07. The molecule has 0 amide bonds. The SMILES string of the molecule is CCOC(=O)c1nnc(C2(c3ccccc3)CC2)s1. The van der Waals surface area contributed by atoms with Crippen LogP contribution in [0.15, 0.2) is 30.3 Å². The van der Waals surface area contributed by atoms with E-state index in [-0.39, 0.29) is 11.4 Å². The van der Waals surface area contributed by atoms with E-state index in [2.05, 4.69) is 22.3 Å². The highest BCUT2D eigenvalue weighted by molar-refractivity contribution is 7.13. The number of aromatic nitrogens is 2. The molecular weight excluding hydrogens is 260 g/mol. The van der Waals surface area contributed by atoms with Crippen LogP contribution < -0.4 is 0 Å². The van der Waals surface area contributed by atoms with Gasteiger partial charge < -0.3 is 4.74 Å². The molecule has 1 aromatic carbocycles. The fourth-order valence-electron chi connectivity index (χ4n) is 2.20. The van der Waals surface area contributed by atoms with E-state index in [1.165, 1.54) is 16.9 Å². The Morgan fingerprint density at radius 3 is 2.68 bits per heavy atom. The lowest BCUT2D eigenvalue weighted by atomic mass is 9.97. The van der Waals surface area contributed by atoms with Crippen LogP contribution >= 0.6 is 11.3 Å². The quantitative estimate of drug-likeness (QED) is 0.804. The maximum absolute atomic E-state index is 11.6. The van der Waals surface area contributed by atoms with Gasteiger partial charge in [-0.2, -0.15) is 0 Å². The van der Waals surface area contributed by atoms with Gasteiger partial charge in [-0.15, -0.1) is 10.2 Å². The number of carbonyl (C=O) groups is 1. The number of rotatable bonds is 4. The highest BCUT2D eigenvalue weighted by Crippen LogP contribution is 2.54. The Bertz CT molecular complexity index is 591. The number of benzene rings is 1. The molecule has 98 valence electrons. The summed E-state index contributed by atoms with van der Waals surface area (Å²) in [6.07, 6.45) is 2.13. The molecule has 0 saturated heterocycles. The van der Waals surface area contributed by atoms with Crippen molar-refractivity contribution in [3.8, 4) is 0 Å². The highest BCUT2D eigenvalue weighted by atomic mass is 32.1. The molecule has 4 nitrogen and oxygen atoms in total. The number of nitrogens with zero attached hydrogens (tertiary/aromatic N) is 2. The Balaban J connectivity index is 1.89. The predicted molar refractivity (Wildman–Crippen MR) is 72.3 cm³/mol. The first-order chi connectivity index (χ1) is 9.26. The summed E-state index contributed by atoms with van der Waals surface area (Å²) in [4.78, 5) is 11.6. The van der Waals surface area contributed by atoms with Crippen LogP contribution in [0.25, 0.3) is 0 Å². The lowest BCUT2D eigenvalue weighted by Gasteiger charge is -2.10. The molecule has 0 radical (unpaired) electrons. The van der Waals surface area contributed by atoms with Gasteiger partial charge >= 0.3 is 5.97 Å². The summed E-state index contributed by atoms with van der Waals surface area (Å²) in [5.41, 5.74) is 1.23. The second-order valence-electron chi connectivity index (χ2n) is 4.58. The normalized spacial score (nSPS) is 16.1. The average molecular weight is 274 g/mol. The topological polar surface area (TPSA) is 52.1 Å². The van der Waals surface area contributed by atoms with Crippen LogP contribution in [0.1, 0.15) is 40.1 Å². The highest BCUT2D eigenvalue weighted by Gasteiger charge is 2.49. The molecule has 1 saturated carbocycles. The van der Waals surface area contributed by atoms with E-state index in [1.54, 1.807) is 6.92 Å². The minimum atomic E-state index is -0.380. The molecule has 1 aromatic heterocycles. The minimum Gasteiger partial charge on any atom is -0.461 e. The average Bonchev–Trinajstić information content (AvgIpc) is 3.10. The third-order valence-corrected chi connectivity index (χ3v) is 4.47. The molecular formula is C14H14N2O2S. The fourth-order valence-corrected chi connectivity index (χ4v) is 3.21. The third kappa shape index (κ3) is 2.14. The molecule has 0 N–H and O–H groups in total. The van der Waals surface area contributed by atoms with Gasteiger partial charge in [-0.25, -0.2) is 4.79 Å². The van der Waals surface area contributed by atoms with Crippen LogP contribution in [0.2, 0.25) is 0 Å². The standard InChI is InChI=1S/C14H14N2O2S/c1-2-18-12(17)11-15-16-13(19-11)14(8-9-14)10-6-4-3-5-7-10/h3-7H,2,8-9H2,1H3. The number of hydrogen-bond acceptors (Lipinski definition) is 5. The second-order valence-corrected chi connectivity index (χ2v) is 5.56. The second kappa shape index (κ2) is 4.74. The Labute approximate surface area is 115 Å².